The Hall–Kier alpha value is -5.38. The first kappa shape index (κ1) is 24.1. The van der Waals surface area contributed by atoms with Crippen molar-refractivity contribution in [3.63, 3.8) is 0 Å². The molecule has 0 aliphatic heterocycles. The van der Waals surface area contributed by atoms with Crippen LogP contribution in [-0.2, 0) is 0 Å². The lowest BCUT2D eigenvalue weighted by Crippen LogP contribution is -1.97. The van der Waals surface area contributed by atoms with E-state index in [0.29, 0.717) is 0 Å². The van der Waals surface area contributed by atoms with Crippen LogP contribution in [0.4, 0.5) is 0 Å². The van der Waals surface area contributed by atoms with Crippen molar-refractivity contribution in [3.8, 4) is 11.4 Å². The lowest BCUT2D eigenvalue weighted by atomic mass is 9.99. The highest BCUT2D eigenvalue weighted by Crippen LogP contribution is 2.47. The SMILES string of the molecule is Cc1cccc(-n2c3ccccc3c3c4c5ccccc5n(-c5ccc6sc7ccccc7c6c5)c4c4ccccc4c32)c1. The summed E-state index contributed by atoms with van der Waals surface area (Å²) in [5.74, 6) is 0. The van der Waals surface area contributed by atoms with Crippen LogP contribution < -0.4 is 0 Å². The van der Waals surface area contributed by atoms with Gasteiger partial charge in [0.15, 0.2) is 0 Å². The number of nitrogens with zero attached hydrogens (tertiary/aromatic N) is 2. The van der Waals surface area contributed by atoms with Gasteiger partial charge < -0.3 is 9.13 Å². The van der Waals surface area contributed by atoms with E-state index in [9.17, 15) is 0 Å². The van der Waals surface area contributed by atoms with Gasteiger partial charge in [-0.25, -0.2) is 0 Å². The Bertz CT molecular complexity index is 2790. The van der Waals surface area contributed by atoms with E-state index < -0.39 is 0 Å². The molecule has 0 fully saturated rings. The smallest absolute Gasteiger partial charge is 0.0627 e. The Morgan fingerprint density at radius 1 is 0.409 bits per heavy atom. The van der Waals surface area contributed by atoms with E-state index in [4.69, 9.17) is 0 Å². The Morgan fingerprint density at radius 3 is 1.57 bits per heavy atom. The molecular weight excluding hydrogens is 553 g/mol. The highest BCUT2D eigenvalue weighted by atomic mass is 32.1. The molecule has 10 aromatic rings. The van der Waals surface area contributed by atoms with E-state index in [-0.39, 0.29) is 0 Å². The maximum atomic E-state index is 2.51. The number of fused-ring (bicyclic) bond motifs is 13. The van der Waals surface area contributed by atoms with Crippen molar-refractivity contribution in [1.82, 2.24) is 9.13 Å². The highest BCUT2D eigenvalue weighted by Gasteiger charge is 2.24. The first-order valence-corrected chi connectivity index (χ1v) is 15.9. The largest absolute Gasteiger partial charge is 0.309 e. The number of aryl methyl sites for hydroxylation is 1. The van der Waals surface area contributed by atoms with Crippen molar-refractivity contribution >= 4 is 85.9 Å². The highest BCUT2D eigenvalue weighted by molar-refractivity contribution is 7.25. The summed E-state index contributed by atoms with van der Waals surface area (Å²) >= 11 is 1.87. The molecule has 0 saturated carbocycles. The van der Waals surface area contributed by atoms with Gasteiger partial charge >= 0.3 is 0 Å². The summed E-state index contributed by atoms with van der Waals surface area (Å²) in [6.07, 6.45) is 0. The molecule has 0 aliphatic carbocycles. The summed E-state index contributed by atoms with van der Waals surface area (Å²) in [6.45, 7) is 2.18. The van der Waals surface area contributed by atoms with Gasteiger partial charge in [-0.05, 0) is 61.0 Å². The van der Waals surface area contributed by atoms with E-state index in [1.165, 1.54) is 91.5 Å². The Morgan fingerprint density at radius 2 is 0.932 bits per heavy atom. The second kappa shape index (κ2) is 8.82. The lowest BCUT2D eigenvalue weighted by Gasteiger charge is -2.14. The summed E-state index contributed by atoms with van der Waals surface area (Å²) in [6, 6.07) is 51.5. The quantitative estimate of drug-likeness (QED) is 0.193. The molecule has 0 spiro atoms. The fraction of sp³-hybridized carbons (Fsp3) is 0.0244. The normalized spacial score (nSPS) is 12.2. The minimum Gasteiger partial charge on any atom is -0.309 e. The molecule has 3 heteroatoms. The number of para-hydroxylation sites is 2. The van der Waals surface area contributed by atoms with E-state index >= 15 is 0 Å². The molecule has 7 aromatic carbocycles. The number of benzene rings is 7. The van der Waals surface area contributed by atoms with Gasteiger partial charge in [-0.15, -0.1) is 11.3 Å². The molecular formula is C41H26N2S. The predicted octanol–water partition coefficient (Wildman–Crippen LogP) is 11.7. The summed E-state index contributed by atoms with van der Waals surface area (Å²) in [4.78, 5) is 0. The van der Waals surface area contributed by atoms with Gasteiger partial charge in [0.25, 0.3) is 0 Å². The minimum atomic E-state index is 1.19. The van der Waals surface area contributed by atoms with Crippen molar-refractivity contribution < 1.29 is 0 Å². The van der Waals surface area contributed by atoms with Crippen LogP contribution in [0.15, 0.2) is 140 Å². The average molecular weight is 579 g/mol. The van der Waals surface area contributed by atoms with E-state index in [0.717, 1.165) is 0 Å². The molecule has 3 aromatic heterocycles. The summed E-state index contributed by atoms with van der Waals surface area (Å²) in [7, 11) is 0. The molecule has 3 heterocycles. The fourth-order valence-corrected chi connectivity index (χ4v) is 8.64. The third kappa shape index (κ3) is 3.14. The van der Waals surface area contributed by atoms with Crippen molar-refractivity contribution in [2.45, 2.75) is 6.92 Å². The topological polar surface area (TPSA) is 9.86 Å². The van der Waals surface area contributed by atoms with Crippen molar-refractivity contribution in [3.05, 3.63) is 145 Å². The van der Waals surface area contributed by atoms with E-state index in [2.05, 4.69) is 156 Å². The molecule has 0 N–H and O–H groups in total. The van der Waals surface area contributed by atoms with Crippen LogP contribution in [0, 0.1) is 6.92 Å². The zero-order valence-corrected chi connectivity index (χ0v) is 24.9. The molecule has 10 rings (SSSR count). The lowest BCUT2D eigenvalue weighted by molar-refractivity contribution is 1.17. The summed E-state index contributed by atoms with van der Waals surface area (Å²) < 4.78 is 7.65. The molecule has 0 atom stereocenters. The van der Waals surface area contributed by atoms with E-state index in [1.807, 2.05) is 11.3 Å². The Kier molecular flexibility index (Phi) is 4.83. The number of hydrogen-bond acceptors (Lipinski definition) is 1. The molecule has 0 amide bonds. The third-order valence-corrected chi connectivity index (χ3v) is 10.5. The first-order chi connectivity index (χ1) is 21.8. The van der Waals surface area contributed by atoms with Crippen molar-refractivity contribution in [2.24, 2.45) is 0 Å². The van der Waals surface area contributed by atoms with Crippen LogP contribution in [0.5, 0.6) is 0 Å². The zero-order chi connectivity index (χ0) is 28.9. The van der Waals surface area contributed by atoms with Crippen LogP contribution >= 0.6 is 11.3 Å². The molecule has 0 radical (unpaired) electrons. The summed E-state index contributed by atoms with van der Waals surface area (Å²) in [5.41, 5.74) is 8.63. The second-order valence-corrected chi connectivity index (χ2v) is 12.9. The number of aromatic nitrogens is 2. The van der Waals surface area contributed by atoms with Gasteiger partial charge in [0.2, 0.25) is 0 Å². The maximum Gasteiger partial charge on any atom is 0.0627 e. The Labute approximate surface area is 257 Å². The van der Waals surface area contributed by atoms with Crippen LogP contribution in [0.1, 0.15) is 5.56 Å². The first-order valence-electron chi connectivity index (χ1n) is 15.1. The van der Waals surface area contributed by atoms with Gasteiger partial charge in [0.05, 0.1) is 22.1 Å². The van der Waals surface area contributed by atoms with Crippen LogP contribution in [0.2, 0.25) is 0 Å². The van der Waals surface area contributed by atoms with Crippen molar-refractivity contribution in [1.29, 1.82) is 0 Å². The van der Waals surface area contributed by atoms with Crippen LogP contribution in [-0.4, -0.2) is 9.13 Å². The molecule has 0 unspecified atom stereocenters. The van der Waals surface area contributed by atoms with Gasteiger partial charge in [-0.1, -0.05) is 91.0 Å². The minimum absolute atomic E-state index is 1.19. The van der Waals surface area contributed by atoms with Crippen LogP contribution in [0.25, 0.3) is 85.9 Å². The van der Waals surface area contributed by atoms with Gasteiger partial charge in [0, 0.05) is 63.9 Å². The third-order valence-electron chi connectivity index (χ3n) is 9.32. The average Bonchev–Trinajstić information content (AvgIpc) is 3.72. The van der Waals surface area contributed by atoms with E-state index in [1.54, 1.807) is 0 Å². The van der Waals surface area contributed by atoms with Crippen molar-refractivity contribution in [2.75, 3.05) is 0 Å². The van der Waals surface area contributed by atoms with Gasteiger partial charge in [-0.2, -0.15) is 0 Å². The predicted molar refractivity (Wildman–Crippen MR) is 190 cm³/mol. The molecule has 0 aliphatic rings. The number of thiophene rings is 1. The molecule has 0 saturated heterocycles. The monoisotopic (exact) mass is 578 g/mol. The molecule has 44 heavy (non-hydrogen) atoms. The number of hydrogen-bond donors (Lipinski definition) is 0. The van der Waals surface area contributed by atoms with Crippen LogP contribution in [0.3, 0.4) is 0 Å². The summed E-state index contributed by atoms with van der Waals surface area (Å²) in [5, 5.41) is 10.3. The second-order valence-electron chi connectivity index (χ2n) is 11.8. The Balaban J connectivity index is 1.46. The van der Waals surface area contributed by atoms with Gasteiger partial charge in [-0.3, -0.25) is 0 Å². The zero-order valence-electron chi connectivity index (χ0n) is 24.1. The number of rotatable bonds is 2. The fourth-order valence-electron chi connectivity index (χ4n) is 7.55. The standard InChI is InChI=1S/C41H26N2S/c1-25-11-10-12-26(23-25)42-34-18-7-4-16-31(34)38-39-32-17-5-8-19-35(32)43(41(39)30-15-3-2-14-29(30)40(38)42)27-21-22-37-33(24-27)28-13-6-9-20-36(28)44-37/h2-24H,1H3. The maximum absolute atomic E-state index is 2.51. The van der Waals surface area contributed by atoms with Gasteiger partial charge in [0.1, 0.15) is 0 Å². The molecule has 206 valence electrons. The molecule has 2 nitrogen and oxygen atoms in total. The molecule has 0 bridgehead atoms.